The number of amidine groups is 1. The molecule has 150 valence electrons. The quantitative estimate of drug-likeness (QED) is 0.617. The summed E-state index contributed by atoms with van der Waals surface area (Å²) in [6, 6.07) is 13.3. The molecule has 0 saturated carbocycles. The van der Waals surface area contributed by atoms with Gasteiger partial charge in [-0.05, 0) is 25.5 Å². The molecular weight excluding hydrogens is 411 g/mol. The van der Waals surface area contributed by atoms with Crippen molar-refractivity contribution in [3.63, 3.8) is 0 Å². The minimum Gasteiger partial charge on any atom is -0.463 e. The van der Waals surface area contributed by atoms with Crippen molar-refractivity contribution < 1.29 is 13.9 Å². The minimum absolute atomic E-state index is 0.216. The fraction of sp³-hybridized carbons (Fsp3) is 0.273. The maximum Gasteiger partial charge on any atom is 0.338 e. The number of halogens is 2. The molecule has 0 radical (unpaired) electrons. The summed E-state index contributed by atoms with van der Waals surface area (Å²) in [4.78, 5) is 19.9. The second-order valence-corrected chi connectivity index (χ2v) is 8.15. The molecule has 0 N–H and O–H groups in total. The molecule has 2 aliphatic rings. The van der Waals surface area contributed by atoms with E-state index in [0.29, 0.717) is 17.8 Å². The number of thioether (sulfide) groups is 1. The molecule has 1 fully saturated rings. The Bertz CT molecular complexity index is 973. The molecule has 7 heteroatoms. The highest BCUT2D eigenvalue weighted by atomic mass is 35.5. The van der Waals surface area contributed by atoms with Crippen LogP contribution in [0.1, 0.15) is 30.5 Å². The standard InChI is InChI=1S/C22H20ClFN2O2S/c1-2-28-21(27)18-19(14-8-4-3-5-9-14)25-22-26(12-7-13-29-22)20(18)17-15(23)10-6-11-16(17)24/h3-6,8-11,20H,2,7,12-13H2,1H3. The first-order chi connectivity index (χ1) is 14.1. The number of hydrogen-bond donors (Lipinski definition) is 0. The van der Waals surface area contributed by atoms with E-state index < -0.39 is 17.8 Å². The Kier molecular flexibility index (Phi) is 5.92. The highest BCUT2D eigenvalue weighted by Gasteiger charge is 2.41. The zero-order valence-electron chi connectivity index (χ0n) is 15.9. The topological polar surface area (TPSA) is 41.9 Å². The molecule has 1 unspecified atom stereocenters. The van der Waals surface area contributed by atoms with Crippen molar-refractivity contribution in [3.8, 4) is 0 Å². The lowest BCUT2D eigenvalue weighted by Gasteiger charge is -2.41. The third kappa shape index (κ3) is 3.79. The summed E-state index contributed by atoms with van der Waals surface area (Å²) in [7, 11) is 0. The van der Waals surface area contributed by atoms with E-state index in [1.54, 1.807) is 30.8 Å². The maximum absolute atomic E-state index is 15.0. The average Bonchev–Trinajstić information content (AvgIpc) is 2.74. The number of hydrogen-bond acceptors (Lipinski definition) is 5. The Balaban J connectivity index is 2.00. The lowest BCUT2D eigenvalue weighted by Crippen LogP contribution is -2.42. The van der Waals surface area contributed by atoms with E-state index in [1.807, 2.05) is 35.2 Å². The molecule has 1 saturated heterocycles. The van der Waals surface area contributed by atoms with Gasteiger partial charge in [-0.15, -0.1) is 0 Å². The molecule has 4 rings (SSSR count). The molecule has 2 heterocycles. The summed E-state index contributed by atoms with van der Waals surface area (Å²) < 4.78 is 20.4. The van der Waals surface area contributed by atoms with Crippen LogP contribution >= 0.6 is 23.4 Å². The maximum atomic E-state index is 15.0. The van der Waals surface area contributed by atoms with E-state index in [9.17, 15) is 4.79 Å². The Morgan fingerprint density at radius 3 is 2.79 bits per heavy atom. The predicted octanol–water partition coefficient (Wildman–Crippen LogP) is 5.30. The van der Waals surface area contributed by atoms with Crippen LogP contribution in [-0.4, -0.2) is 34.9 Å². The molecule has 0 aliphatic carbocycles. The lowest BCUT2D eigenvalue weighted by molar-refractivity contribution is -0.139. The molecule has 29 heavy (non-hydrogen) atoms. The van der Waals surface area contributed by atoms with E-state index in [-0.39, 0.29) is 17.2 Å². The first-order valence-electron chi connectivity index (χ1n) is 9.50. The van der Waals surface area contributed by atoms with E-state index in [2.05, 4.69) is 0 Å². The summed E-state index contributed by atoms with van der Waals surface area (Å²) in [5.41, 5.74) is 1.89. The second kappa shape index (κ2) is 8.59. The number of ether oxygens (including phenoxy) is 1. The van der Waals surface area contributed by atoms with Gasteiger partial charge in [0.15, 0.2) is 5.17 Å². The summed E-state index contributed by atoms with van der Waals surface area (Å²) >= 11 is 8.05. The first-order valence-corrected chi connectivity index (χ1v) is 10.9. The van der Waals surface area contributed by atoms with Gasteiger partial charge in [0.2, 0.25) is 0 Å². The molecule has 0 spiro atoms. The van der Waals surface area contributed by atoms with Gasteiger partial charge in [0.1, 0.15) is 5.82 Å². The van der Waals surface area contributed by atoms with Crippen molar-refractivity contribution in [2.45, 2.75) is 19.4 Å². The van der Waals surface area contributed by atoms with Crippen molar-refractivity contribution in [2.75, 3.05) is 18.9 Å². The van der Waals surface area contributed by atoms with Crippen LogP contribution in [0.2, 0.25) is 5.02 Å². The fourth-order valence-corrected chi connectivity index (χ4v) is 4.90. The average molecular weight is 431 g/mol. The zero-order valence-corrected chi connectivity index (χ0v) is 17.5. The van der Waals surface area contributed by atoms with Crippen molar-refractivity contribution in [1.82, 2.24) is 4.90 Å². The first kappa shape index (κ1) is 20.0. The number of fused-ring (bicyclic) bond motifs is 1. The number of esters is 1. The Morgan fingerprint density at radius 1 is 1.28 bits per heavy atom. The Morgan fingerprint density at radius 2 is 2.07 bits per heavy atom. The van der Waals surface area contributed by atoms with Crippen LogP contribution in [0.15, 0.2) is 59.1 Å². The molecular formula is C22H20ClFN2O2S. The zero-order chi connectivity index (χ0) is 20.4. The monoisotopic (exact) mass is 430 g/mol. The molecule has 0 amide bonds. The highest BCUT2D eigenvalue weighted by molar-refractivity contribution is 8.13. The Hall–Kier alpha value is -2.31. The minimum atomic E-state index is -0.696. The van der Waals surface area contributed by atoms with E-state index in [1.165, 1.54) is 6.07 Å². The van der Waals surface area contributed by atoms with Gasteiger partial charge in [0, 0.05) is 28.4 Å². The summed E-state index contributed by atoms with van der Waals surface area (Å²) in [6.07, 6.45) is 0.906. The lowest BCUT2D eigenvalue weighted by atomic mass is 9.91. The molecule has 4 nitrogen and oxygen atoms in total. The van der Waals surface area contributed by atoms with Crippen LogP contribution in [0.4, 0.5) is 4.39 Å². The number of carbonyl (C=O) groups is 1. The van der Waals surface area contributed by atoms with Gasteiger partial charge < -0.3 is 9.64 Å². The van der Waals surface area contributed by atoms with Crippen LogP contribution < -0.4 is 0 Å². The van der Waals surface area contributed by atoms with Gasteiger partial charge in [-0.2, -0.15) is 0 Å². The molecule has 1 atom stereocenters. The van der Waals surface area contributed by atoms with Crippen molar-refractivity contribution >= 4 is 40.2 Å². The smallest absolute Gasteiger partial charge is 0.338 e. The number of benzene rings is 2. The number of rotatable bonds is 4. The fourth-order valence-electron chi connectivity index (χ4n) is 3.66. The summed E-state index contributed by atoms with van der Waals surface area (Å²) in [6.45, 7) is 2.62. The molecule has 2 aromatic rings. The van der Waals surface area contributed by atoms with E-state index >= 15 is 4.39 Å². The summed E-state index contributed by atoms with van der Waals surface area (Å²) in [5, 5.41) is 1.05. The largest absolute Gasteiger partial charge is 0.463 e. The third-order valence-corrected chi connectivity index (χ3v) is 6.29. The van der Waals surface area contributed by atoms with E-state index in [4.69, 9.17) is 21.3 Å². The Labute approximate surface area is 178 Å². The van der Waals surface area contributed by atoms with Crippen LogP contribution in [0.25, 0.3) is 5.70 Å². The van der Waals surface area contributed by atoms with Crippen LogP contribution in [-0.2, 0) is 9.53 Å². The SMILES string of the molecule is CCOC(=O)C1=C(c2ccccc2)N=C2SCCCN2C1c1c(F)cccc1Cl. The number of aliphatic imine (C=N–C) groups is 1. The van der Waals surface area contributed by atoms with Gasteiger partial charge in [0.25, 0.3) is 0 Å². The van der Waals surface area contributed by atoms with Gasteiger partial charge in [0.05, 0.1) is 23.9 Å². The van der Waals surface area contributed by atoms with Crippen LogP contribution in [0, 0.1) is 5.82 Å². The second-order valence-electron chi connectivity index (χ2n) is 6.68. The predicted molar refractivity (Wildman–Crippen MR) is 115 cm³/mol. The van der Waals surface area contributed by atoms with Gasteiger partial charge in [-0.1, -0.05) is 59.8 Å². The van der Waals surface area contributed by atoms with Gasteiger partial charge in [-0.25, -0.2) is 14.2 Å². The van der Waals surface area contributed by atoms with Crippen LogP contribution in [0.5, 0.6) is 0 Å². The van der Waals surface area contributed by atoms with Gasteiger partial charge >= 0.3 is 5.97 Å². The van der Waals surface area contributed by atoms with E-state index in [0.717, 1.165) is 22.9 Å². The third-order valence-electron chi connectivity index (χ3n) is 4.88. The molecule has 0 aromatic heterocycles. The number of nitrogens with zero attached hydrogens (tertiary/aromatic N) is 2. The highest BCUT2D eigenvalue weighted by Crippen LogP contribution is 2.45. The molecule has 2 aromatic carbocycles. The van der Waals surface area contributed by atoms with Crippen molar-refractivity contribution in [1.29, 1.82) is 0 Å². The van der Waals surface area contributed by atoms with Gasteiger partial charge in [-0.3, -0.25) is 0 Å². The normalized spacial score (nSPS) is 18.9. The molecule has 0 bridgehead atoms. The van der Waals surface area contributed by atoms with Crippen LogP contribution in [0.3, 0.4) is 0 Å². The number of carbonyl (C=O) groups excluding carboxylic acids is 1. The molecule has 2 aliphatic heterocycles. The van der Waals surface area contributed by atoms with Crippen molar-refractivity contribution in [3.05, 3.63) is 76.1 Å². The van der Waals surface area contributed by atoms with Crippen molar-refractivity contribution in [2.24, 2.45) is 4.99 Å². The summed E-state index contributed by atoms with van der Waals surface area (Å²) in [5.74, 6) is -0.0354.